The summed E-state index contributed by atoms with van der Waals surface area (Å²) < 4.78 is 1.87. The van der Waals surface area contributed by atoms with Gasteiger partial charge in [0.15, 0.2) is 0 Å². The minimum Gasteiger partial charge on any atom is -0.309 e. The highest BCUT2D eigenvalue weighted by molar-refractivity contribution is 5.42. The van der Waals surface area contributed by atoms with Crippen molar-refractivity contribution in [3.63, 3.8) is 0 Å². The summed E-state index contributed by atoms with van der Waals surface area (Å²) >= 11 is 0. The molecule has 1 N–H and O–H groups in total. The number of nitrogens with one attached hydrogen (secondary N) is 1. The summed E-state index contributed by atoms with van der Waals surface area (Å²) in [6, 6.07) is 8.79. The number of nitrogens with zero attached hydrogens (tertiary/aromatic N) is 3. The van der Waals surface area contributed by atoms with Crippen LogP contribution in [0.5, 0.6) is 0 Å². The molecule has 4 heteroatoms. The van der Waals surface area contributed by atoms with Crippen LogP contribution in [0.25, 0.3) is 5.69 Å². The molecule has 102 valence electrons. The van der Waals surface area contributed by atoms with Gasteiger partial charge in [0.1, 0.15) is 0 Å². The van der Waals surface area contributed by atoms with Crippen molar-refractivity contribution in [3.8, 4) is 5.69 Å². The van der Waals surface area contributed by atoms with Crippen molar-refractivity contribution in [1.82, 2.24) is 20.3 Å². The third kappa shape index (κ3) is 3.41. The van der Waals surface area contributed by atoms with Gasteiger partial charge >= 0.3 is 0 Å². The summed E-state index contributed by atoms with van der Waals surface area (Å²) in [6.07, 6.45) is 2.00. The molecule has 1 aromatic carbocycles. The van der Waals surface area contributed by atoms with Crippen molar-refractivity contribution in [2.45, 2.75) is 46.2 Å². The van der Waals surface area contributed by atoms with Crippen molar-refractivity contribution >= 4 is 0 Å². The highest BCUT2D eigenvalue weighted by Gasteiger charge is 2.09. The van der Waals surface area contributed by atoms with E-state index in [0.29, 0.717) is 12.0 Å². The van der Waals surface area contributed by atoms with Crippen LogP contribution in [0.1, 0.15) is 44.9 Å². The number of hydrogen-bond donors (Lipinski definition) is 1. The molecular formula is C15H22N4. The third-order valence-electron chi connectivity index (χ3n) is 3.04. The van der Waals surface area contributed by atoms with Crippen LogP contribution in [0.15, 0.2) is 30.5 Å². The lowest BCUT2D eigenvalue weighted by Crippen LogP contribution is -2.21. The Morgan fingerprint density at radius 3 is 2.58 bits per heavy atom. The van der Waals surface area contributed by atoms with Crippen molar-refractivity contribution in [3.05, 3.63) is 41.7 Å². The molecule has 0 saturated heterocycles. The van der Waals surface area contributed by atoms with Crippen LogP contribution in [0.3, 0.4) is 0 Å². The van der Waals surface area contributed by atoms with Crippen LogP contribution in [0.4, 0.5) is 0 Å². The first-order chi connectivity index (χ1) is 9.08. The Balaban J connectivity index is 2.23. The standard InChI is InChI=1S/C15H22N4/c1-11(2)14-7-5-6-8-15(14)19-10-13(17-18-19)9-16-12(3)4/h5-8,10-12,16H,9H2,1-4H3. The first-order valence-electron chi connectivity index (χ1n) is 6.82. The monoisotopic (exact) mass is 258 g/mol. The zero-order chi connectivity index (χ0) is 13.8. The van der Waals surface area contributed by atoms with E-state index < -0.39 is 0 Å². The van der Waals surface area contributed by atoms with Gasteiger partial charge < -0.3 is 5.32 Å². The fourth-order valence-electron chi connectivity index (χ4n) is 1.99. The summed E-state index contributed by atoms with van der Waals surface area (Å²) in [5.74, 6) is 0.470. The molecule has 0 spiro atoms. The molecule has 2 rings (SSSR count). The van der Waals surface area contributed by atoms with E-state index in [4.69, 9.17) is 0 Å². The lowest BCUT2D eigenvalue weighted by Gasteiger charge is -2.11. The van der Waals surface area contributed by atoms with Gasteiger partial charge in [0, 0.05) is 12.6 Å². The van der Waals surface area contributed by atoms with Crippen LogP contribution in [-0.4, -0.2) is 21.0 Å². The molecule has 1 heterocycles. The second-order valence-electron chi connectivity index (χ2n) is 5.40. The van der Waals surface area contributed by atoms with E-state index in [9.17, 15) is 0 Å². The molecule has 0 saturated carbocycles. The fourth-order valence-corrected chi connectivity index (χ4v) is 1.99. The third-order valence-corrected chi connectivity index (χ3v) is 3.04. The zero-order valence-corrected chi connectivity index (χ0v) is 12.1. The van der Waals surface area contributed by atoms with Gasteiger partial charge in [0.25, 0.3) is 0 Å². The molecule has 0 aliphatic carbocycles. The zero-order valence-electron chi connectivity index (χ0n) is 12.1. The second kappa shape index (κ2) is 5.97. The molecule has 19 heavy (non-hydrogen) atoms. The van der Waals surface area contributed by atoms with Gasteiger partial charge in [-0.05, 0) is 17.5 Å². The average Bonchev–Trinajstić information content (AvgIpc) is 2.85. The van der Waals surface area contributed by atoms with Crippen LogP contribution in [0.2, 0.25) is 0 Å². The Bertz CT molecular complexity index is 528. The molecule has 0 atom stereocenters. The molecule has 0 aliphatic rings. The smallest absolute Gasteiger partial charge is 0.0969 e. The van der Waals surface area contributed by atoms with Crippen LogP contribution >= 0.6 is 0 Å². The maximum atomic E-state index is 4.23. The summed E-state index contributed by atoms with van der Waals surface area (Å²) in [6.45, 7) is 9.38. The van der Waals surface area contributed by atoms with E-state index >= 15 is 0 Å². The second-order valence-corrected chi connectivity index (χ2v) is 5.40. The van der Waals surface area contributed by atoms with Crippen LogP contribution in [0, 0.1) is 0 Å². The molecule has 0 bridgehead atoms. The topological polar surface area (TPSA) is 42.7 Å². The number of para-hydroxylation sites is 1. The number of benzene rings is 1. The Kier molecular flexibility index (Phi) is 4.32. The molecule has 0 amide bonds. The summed E-state index contributed by atoms with van der Waals surface area (Å²) in [4.78, 5) is 0. The van der Waals surface area contributed by atoms with Crippen LogP contribution < -0.4 is 5.32 Å². The minimum atomic E-state index is 0.452. The van der Waals surface area contributed by atoms with E-state index in [0.717, 1.165) is 17.9 Å². The van der Waals surface area contributed by atoms with E-state index in [-0.39, 0.29) is 0 Å². The van der Waals surface area contributed by atoms with Crippen molar-refractivity contribution < 1.29 is 0 Å². The van der Waals surface area contributed by atoms with Gasteiger partial charge in [-0.2, -0.15) is 0 Å². The summed E-state index contributed by atoms with van der Waals surface area (Å²) in [5, 5.41) is 11.8. The molecule has 1 aromatic heterocycles. The normalized spacial score (nSPS) is 11.5. The van der Waals surface area contributed by atoms with E-state index in [1.165, 1.54) is 5.56 Å². The maximum absolute atomic E-state index is 4.23. The predicted octanol–water partition coefficient (Wildman–Crippen LogP) is 2.89. The number of rotatable bonds is 5. The van der Waals surface area contributed by atoms with Gasteiger partial charge in [0.2, 0.25) is 0 Å². The highest BCUT2D eigenvalue weighted by Crippen LogP contribution is 2.22. The van der Waals surface area contributed by atoms with Gasteiger partial charge in [-0.3, -0.25) is 0 Å². The van der Waals surface area contributed by atoms with E-state index in [2.05, 4.69) is 61.5 Å². The molecular weight excluding hydrogens is 236 g/mol. The first kappa shape index (κ1) is 13.7. The Morgan fingerprint density at radius 2 is 1.89 bits per heavy atom. The lowest BCUT2D eigenvalue weighted by molar-refractivity contribution is 0.580. The minimum absolute atomic E-state index is 0.452. The number of aromatic nitrogens is 3. The molecule has 0 aliphatic heterocycles. The van der Waals surface area contributed by atoms with Crippen molar-refractivity contribution in [1.29, 1.82) is 0 Å². The first-order valence-corrected chi connectivity index (χ1v) is 6.82. The SMILES string of the molecule is CC(C)NCc1cn(-c2ccccc2C(C)C)nn1. The largest absolute Gasteiger partial charge is 0.309 e. The van der Waals surface area contributed by atoms with Crippen molar-refractivity contribution in [2.24, 2.45) is 0 Å². The van der Waals surface area contributed by atoms with Gasteiger partial charge in [-0.15, -0.1) is 5.10 Å². The van der Waals surface area contributed by atoms with Crippen molar-refractivity contribution in [2.75, 3.05) is 0 Å². The maximum Gasteiger partial charge on any atom is 0.0969 e. The summed E-state index contributed by atoms with van der Waals surface area (Å²) in [7, 11) is 0. The molecule has 2 aromatic rings. The quantitative estimate of drug-likeness (QED) is 0.896. The predicted molar refractivity (Wildman–Crippen MR) is 77.4 cm³/mol. The Labute approximate surface area is 114 Å². The summed E-state index contributed by atoms with van der Waals surface area (Å²) in [5.41, 5.74) is 3.36. The van der Waals surface area contributed by atoms with E-state index in [1.54, 1.807) is 0 Å². The molecule has 0 unspecified atom stereocenters. The molecule has 4 nitrogen and oxygen atoms in total. The van der Waals surface area contributed by atoms with Gasteiger partial charge in [-0.25, -0.2) is 4.68 Å². The highest BCUT2D eigenvalue weighted by atomic mass is 15.4. The average molecular weight is 258 g/mol. The van der Waals surface area contributed by atoms with Gasteiger partial charge in [-0.1, -0.05) is 51.1 Å². The lowest BCUT2D eigenvalue weighted by atomic mass is 10.0. The van der Waals surface area contributed by atoms with E-state index in [1.807, 2.05) is 16.9 Å². The Hall–Kier alpha value is -1.68. The van der Waals surface area contributed by atoms with Crippen LogP contribution in [-0.2, 0) is 6.54 Å². The fraction of sp³-hybridized carbons (Fsp3) is 0.467. The van der Waals surface area contributed by atoms with Gasteiger partial charge in [0.05, 0.1) is 17.6 Å². The molecule has 0 radical (unpaired) electrons. The molecule has 0 fully saturated rings. The Morgan fingerprint density at radius 1 is 1.16 bits per heavy atom. The number of hydrogen-bond acceptors (Lipinski definition) is 3.